The molecule has 1 aliphatic carbocycles. The minimum atomic E-state index is 0.105. The van der Waals surface area contributed by atoms with Crippen molar-refractivity contribution in [2.24, 2.45) is 11.3 Å². The van der Waals surface area contributed by atoms with Gasteiger partial charge in [0, 0.05) is 29.7 Å². The second kappa shape index (κ2) is 4.25. The van der Waals surface area contributed by atoms with Crippen molar-refractivity contribution in [3.05, 3.63) is 29.8 Å². The Morgan fingerprint density at radius 2 is 2.06 bits per heavy atom. The van der Waals surface area contributed by atoms with Crippen molar-refractivity contribution < 1.29 is 9.84 Å². The summed E-state index contributed by atoms with van der Waals surface area (Å²) < 4.78 is 5.80. The average molecular weight is 247 g/mol. The SMILES string of the molecule is CC1(C)C(Nc2ccc(CO)cc2)C2CCOC21. The Morgan fingerprint density at radius 1 is 1.33 bits per heavy atom. The number of hydrogen-bond acceptors (Lipinski definition) is 3. The van der Waals surface area contributed by atoms with Crippen molar-refractivity contribution in [3.63, 3.8) is 0 Å². The number of anilines is 1. The van der Waals surface area contributed by atoms with E-state index >= 15 is 0 Å². The minimum Gasteiger partial charge on any atom is -0.392 e. The van der Waals surface area contributed by atoms with E-state index in [1.165, 1.54) is 6.42 Å². The van der Waals surface area contributed by atoms with Gasteiger partial charge in [-0.1, -0.05) is 26.0 Å². The van der Waals surface area contributed by atoms with E-state index in [1.807, 2.05) is 24.3 Å². The van der Waals surface area contributed by atoms with Gasteiger partial charge in [-0.05, 0) is 24.1 Å². The highest BCUT2D eigenvalue weighted by Crippen LogP contribution is 2.53. The smallest absolute Gasteiger partial charge is 0.0694 e. The number of ether oxygens (including phenoxy) is 1. The fraction of sp³-hybridized carbons (Fsp3) is 0.600. The molecule has 2 fully saturated rings. The lowest BCUT2D eigenvalue weighted by Crippen LogP contribution is -2.63. The van der Waals surface area contributed by atoms with Crippen LogP contribution >= 0.6 is 0 Å². The summed E-state index contributed by atoms with van der Waals surface area (Å²) in [6, 6.07) is 8.52. The fourth-order valence-corrected chi connectivity index (χ4v) is 3.50. The van der Waals surface area contributed by atoms with Crippen molar-refractivity contribution in [2.75, 3.05) is 11.9 Å². The first-order chi connectivity index (χ1) is 8.63. The third kappa shape index (κ3) is 1.73. The van der Waals surface area contributed by atoms with Gasteiger partial charge in [0.15, 0.2) is 0 Å². The van der Waals surface area contributed by atoms with Crippen LogP contribution in [0.2, 0.25) is 0 Å². The Morgan fingerprint density at radius 3 is 2.72 bits per heavy atom. The van der Waals surface area contributed by atoms with Crippen LogP contribution in [0, 0.1) is 11.3 Å². The van der Waals surface area contributed by atoms with Crippen LogP contribution in [0.15, 0.2) is 24.3 Å². The Kier molecular flexibility index (Phi) is 2.83. The van der Waals surface area contributed by atoms with Crippen molar-refractivity contribution >= 4 is 5.69 Å². The summed E-state index contributed by atoms with van der Waals surface area (Å²) in [7, 11) is 0. The van der Waals surface area contributed by atoms with Crippen LogP contribution in [0.4, 0.5) is 5.69 Å². The van der Waals surface area contributed by atoms with Gasteiger partial charge < -0.3 is 15.2 Å². The Hall–Kier alpha value is -1.06. The molecule has 98 valence electrons. The molecule has 1 aliphatic heterocycles. The van der Waals surface area contributed by atoms with Gasteiger partial charge in [0.2, 0.25) is 0 Å². The zero-order valence-corrected chi connectivity index (χ0v) is 11.0. The maximum atomic E-state index is 9.04. The summed E-state index contributed by atoms with van der Waals surface area (Å²) in [6.07, 6.45) is 1.59. The van der Waals surface area contributed by atoms with Gasteiger partial charge in [0.1, 0.15) is 0 Å². The molecule has 3 heteroatoms. The molecule has 3 nitrogen and oxygen atoms in total. The zero-order valence-electron chi connectivity index (χ0n) is 11.0. The monoisotopic (exact) mass is 247 g/mol. The Bertz CT molecular complexity index is 427. The molecule has 1 saturated carbocycles. The topological polar surface area (TPSA) is 41.5 Å². The number of aliphatic hydroxyl groups is 1. The molecule has 0 amide bonds. The van der Waals surface area contributed by atoms with Gasteiger partial charge >= 0.3 is 0 Å². The lowest BCUT2D eigenvalue weighted by Gasteiger charge is -2.55. The van der Waals surface area contributed by atoms with Crippen LogP contribution in [0.1, 0.15) is 25.8 Å². The van der Waals surface area contributed by atoms with Crippen LogP contribution < -0.4 is 5.32 Å². The fourth-order valence-electron chi connectivity index (χ4n) is 3.50. The molecule has 3 unspecified atom stereocenters. The molecule has 2 aliphatic rings. The molecule has 0 spiro atoms. The van der Waals surface area contributed by atoms with E-state index in [9.17, 15) is 0 Å². The molecule has 1 aromatic rings. The first-order valence-corrected chi connectivity index (χ1v) is 6.71. The predicted molar refractivity (Wildman–Crippen MR) is 71.4 cm³/mol. The number of aliphatic hydroxyl groups excluding tert-OH is 1. The van der Waals surface area contributed by atoms with Crippen molar-refractivity contribution in [1.82, 2.24) is 0 Å². The summed E-state index contributed by atoms with van der Waals surface area (Å²) >= 11 is 0. The third-order valence-electron chi connectivity index (χ3n) is 4.56. The van der Waals surface area contributed by atoms with Gasteiger partial charge in [0.05, 0.1) is 12.7 Å². The minimum absolute atomic E-state index is 0.105. The number of hydrogen-bond donors (Lipinski definition) is 2. The van der Waals surface area contributed by atoms with Gasteiger partial charge in [-0.15, -0.1) is 0 Å². The highest BCUT2D eigenvalue weighted by atomic mass is 16.5. The summed E-state index contributed by atoms with van der Waals surface area (Å²) in [5, 5.41) is 12.7. The van der Waals surface area contributed by atoms with Crippen LogP contribution in [-0.2, 0) is 11.3 Å². The number of benzene rings is 1. The van der Waals surface area contributed by atoms with Crippen molar-refractivity contribution in [3.8, 4) is 0 Å². The molecule has 1 heterocycles. The molecule has 3 rings (SSSR count). The number of nitrogens with one attached hydrogen (secondary N) is 1. The average Bonchev–Trinajstić information content (AvgIpc) is 2.83. The summed E-state index contributed by atoms with van der Waals surface area (Å²) in [4.78, 5) is 0. The second-order valence-electron chi connectivity index (χ2n) is 6.04. The molecule has 1 aromatic carbocycles. The van der Waals surface area contributed by atoms with Gasteiger partial charge in [-0.3, -0.25) is 0 Å². The molecular weight excluding hydrogens is 226 g/mol. The zero-order chi connectivity index (χ0) is 12.8. The van der Waals surface area contributed by atoms with E-state index in [4.69, 9.17) is 9.84 Å². The molecule has 0 bridgehead atoms. The Labute approximate surface area is 108 Å². The summed E-state index contributed by atoms with van der Waals surface area (Å²) in [6.45, 7) is 5.56. The van der Waals surface area contributed by atoms with Crippen LogP contribution in [0.5, 0.6) is 0 Å². The molecule has 18 heavy (non-hydrogen) atoms. The molecule has 0 aromatic heterocycles. The van der Waals surface area contributed by atoms with E-state index in [-0.39, 0.29) is 12.0 Å². The first-order valence-electron chi connectivity index (χ1n) is 6.71. The first kappa shape index (κ1) is 12.0. The maximum Gasteiger partial charge on any atom is 0.0694 e. The van der Waals surface area contributed by atoms with E-state index in [2.05, 4.69) is 19.2 Å². The van der Waals surface area contributed by atoms with E-state index < -0.39 is 0 Å². The van der Waals surface area contributed by atoms with Gasteiger partial charge in [-0.25, -0.2) is 0 Å². The molecule has 3 atom stereocenters. The van der Waals surface area contributed by atoms with Crippen molar-refractivity contribution in [1.29, 1.82) is 0 Å². The quantitative estimate of drug-likeness (QED) is 0.862. The van der Waals surface area contributed by atoms with E-state index in [0.717, 1.165) is 17.9 Å². The van der Waals surface area contributed by atoms with Crippen molar-refractivity contribution in [2.45, 2.75) is 39.0 Å². The third-order valence-corrected chi connectivity index (χ3v) is 4.56. The largest absolute Gasteiger partial charge is 0.392 e. The maximum absolute atomic E-state index is 9.04. The summed E-state index contributed by atoms with van der Waals surface area (Å²) in [5.74, 6) is 0.650. The van der Waals surface area contributed by atoms with Gasteiger partial charge in [-0.2, -0.15) is 0 Å². The number of rotatable bonds is 3. The van der Waals surface area contributed by atoms with E-state index in [1.54, 1.807) is 0 Å². The highest BCUT2D eigenvalue weighted by Gasteiger charge is 2.59. The van der Waals surface area contributed by atoms with Crippen LogP contribution in [0.3, 0.4) is 0 Å². The van der Waals surface area contributed by atoms with E-state index in [0.29, 0.717) is 18.1 Å². The lowest BCUT2D eigenvalue weighted by atomic mass is 9.57. The molecular formula is C15H21NO2. The normalized spacial score (nSPS) is 32.7. The van der Waals surface area contributed by atoms with Crippen LogP contribution in [-0.4, -0.2) is 23.9 Å². The molecule has 2 N–H and O–H groups in total. The van der Waals surface area contributed by atoms with Crippen LogP contribution in [0.25, 0.3) is 0 Å². The standard InChI is InChI=1S/C15H21NO2/c1-15(2)13(12-7-8-18-14(12)15)16-11-5-3-10(9-17)4-6-11/h3-6,12-14,16-17H,7-9H2,1-2H3. The lowest BCUT2D eigenvalue weighted by molar-refractivity contribution is -0.0923. The Balaban J connectivity index is 1.72. The molecule has 1 saturated heterocycles. The predicted octanol–water partition coefficient (Wildman–Crippen LogP) is 2.40. The highest BCUT2D eigenvalue weighted by molar-refractivity contribution is 5.47. The second-order valence-corrected chi connectivity index (χ2v) is 6.04. The van der Waals surface area contributed by atoms with Gasteiger partial charge in [0.25, 0.3) is 0 Å². The number of fused-ring (bicyclic) bond motifs is 1. The summed E-state index contributed by atoms with van der Waals surface area (Å²) in [5.41, 5.74) is 2.29. The molecule has 0 radical (unpaired) electrons.